The molecule has 27 heavy (non-hydrogen) atoms. The van der Waals surface area contributed by atoms with Gasteiger partial charge in [-0.3, -0.25) is 0 Å². The molecule has 3 aromatic carbocycles. The summed E-state index contributed by atoms with van der Waals surface area (Å²) < 4.78 is 2.22. The van der Waals surface area contributed by atoms with Crippen LogP contribution < -0.4 is 0 Å². The fourth-order valence-electron chi connectivity index (χ4n) is 3.17. The van der Waals surface area contributed by atoms with Crippen LogP contribution in [0.15, 0.2) is 66.7 Å². The van der Waals surface area contributed by atoms with Crippen LogP contribution in [0.2, 0.25) is 10.0 Å². The topological polar surface area (TPSA) is 17.8 Å². The molecule has 0 amide bonds. The first-order valence-electron chi connectivity index (χ1n) is 8.75. The zero-order chi connectivity index (χ0) is 18.8. The predicted molar refractivity (Wildman–Crippen MR) is 115 cm³/mol. The highest BCUT2D eigenvalue weighted by molar-refractivity contribution is 6.37. The predicted octanol–water partition coefficient (Wildman–Crippen LogP) is 6.87. The minimum Gasteiger partial charge on any atom is -0.320 e. The van der Waals surface area contributed by atoms with E-state index >= 15 is 0 Å². The van der Waals surface area contributed by atoms with Crippen molar-refractivity contribution in [2.45, 2.75) is 13.5 Å². The number of aryl methyl sites for hydroxylation is 1. The fraction of sp³-hybridized carbons (Fsp3) is 0.0870. The van der Waals surface area contributed by atoms with E-state index < -0.39 is 0 Å². The molecule has 0 radical (unpaired) electrons. The second-order valence-electron chi connectivity index (χ2n) is 6.44. The van der Waals surface area contributed by atoms with Gasteiger partial charge < -0.3 is 4.57 Å². The van der Waals surface area contributed by atoms with Crippen LogP contribution in [0, 0.1) is 6.92 Å². The number of fused-ring (bicyclic) bond motifs is 1. The second-order valence-corrected chi connectivity index (χ2v) is 7.25. The van der Waals surface area contributed by atoms with Gasteiger partial charge in [-0.1, -0.05) is 65.7 Å². The number of nitrogens with zero attached hydrogens (tertiary/aromatic N) is 2. The zero-order valence-corrected chi connectivity index (χ0v) is 16.4. The number of aromatic nitrogens is 2. The Labute approximate surface area is 168 Å². The minimum atomic E-state index is 0.625. The van der Waals surface area contributed by atoms with Crippen LogP contribution in [-0.4, -0.2) is 9.55 Å². The number of benzene rings is 3. The van der Waals surface area contributed by atoms with Crippen molar-refractivity contribution in [3.05, 3.63) is 99.3 Å². The van der Waals surface area contributed by atoms with Gasteiger partial charge in [0.2, 0.25) is 0 Å². The van der Waals surface area contributed by atoms with E-state index in [1.165, 1.54) is 11.1 Å². The molecule has 0 bridgehead atoms. The monoisotopic (exact) mass is 392 g/mol. The molecule has 0 aliphatic rings. The van der Waals surface area contributed by atoms with Gasteiger partial charge >= 0.3 is 0 Å². The minimum absolute atomic E-state index is 0.625. The molecule has 0 fully saturated rings. The number of para-hydroxylation sites is 2. The van der Waals surface area contributed by atoms with Gasteiger partial charge in [-0.25, -0.2) is 4.98 Å². The number of imidazole rings is 1. The van der Waals surface area contributed by atoms with Crippen LogP contribution in [-0.2, 0) is 6.54 Å². The van der Waals surface area contributed by atoms with Gasteiger partial charge in [0.25, 0.3) is 0 Å². The first kappa shape index (κ1) is 17.8. The van der Waals surface area contributed by atoms with Crippen molar-refractivity contribution in [1.82, 2.24) is 9.55 Å². The lowest BCUT2D eigenvalue weighted by Gasteiger charge is -2.10. The Kier molecular flexibility index (Phi) is 5.02. The Morgan fingerprint density at radius 1 is 0.852 bits per heavy atom. The van der Waals surface area contributed by atoms with Crippen molar-refractivity contribution in [2.75, 3.05) is 0 Å². The van der Waals surface area contributed by atoms with E-state index in [4.69, 9.17) is 28.2 Å². The molecule has 0 spiro atoms. The lowest BCUT2D eigenvalue weighted by molar-refractivity contribution is 0.808. The SMILES string of the molecule is Cc1ccccc1Cn1c(/C=C/c2c(Cl)cccc2Cl)nc2ccccc21. The average Bonchev–Trinajstić information content (AvgIpc) is 3.01. The van der Waals surface area contributed by atoms with Crippen LogP contribution >= 0.6 is 23.2 Å². The zero-order valence-electron chi connectivity index (χ0n) is 14.9. The third-order valence-electron chi connectivity index (χ3n) is 4.67. The van der Waals surface area contributed by atoms with E-state index in [1.807, 2.05) is 48.6 Å². The van der Waals surface area contributed by atoms with Crippen LogP contribution in [0.5, 0.6) is 0 Å². The molecule has 4 heteroatoms. The fourth-order valence-corrected chi connectivity index (χ4v) is 3.70. The molecule has 0 N–H and O–H groups in total. The summed E-state index contributed by atoms with van der Waals surface area (Å²) in [6.07, 6.45) is 3.91. The maximum Gasteiger partial charge on any atom is 0.134 e. The Bertz CT molecular complexity index is 1120. The summed E-state index contributed by atoms with van der Waals surface area (Å²) >= 11 is 12.6. The molecule has 1 aromatic heterocycles. The summed E-state index contributed by atoms with van der Waals surface area (Å²) in [5, 5.41) is 1.25. The molecule has 0 saturated heterocycles. The van der Waals surface area contributed by atoms with Crippen molar-refractivity contribution in [1.29, 1.82) is 0 Å². The standard InChI is InChI=1S/C23H18Cl2N2/c1-16-7-2-3-8-17(16)15-27-22-12-5-4-11-21(22)26-23(27)14-13-18-19(24)9-6-10-20(18)25/h2-14H,15H2,1H3/b14-13+. The molecule has 0 atom stereocenters. The van der Waals surface area contributed by atoms with Crippen LogP contribution in [0.25, 0.3) is 23.2 Å². The van der Waals surface area contributed by atoms with E-state index in [9.17, 15) is 0 Å². The molecule has 0 aliphatic carbocycles. The lowest BCUT2D eigenvalue weighted by Crippen LogP contribution is -2.03. The Morgan fingerprint density at radius 2 is 1.56 bits per heavy atom. The molecular weight excluding hydrogens is 375 g/mol. The van der Waals surface area contributed by atoms with Gasteiger partial charge in [0, 0.05) is 22.2 Å². The van der Waals surface area contributed by atoms with Crippen molar-refractivity contribution in [3.8, 4) is 0 Å². The lowest BCUT2D eigenvalue weighted by atomic mass is 10.1. The molecule has 4 aromatic rings. The van der Waals surface area contributed by atoms with Crippen molar-refractivity contribution in [3.63, 3.8) is 0 Å². The van der Waals surface area contributed by atoms with Crippen LogP contribution in [0.4, 0.5) is 0 Å². The second kappa shape index (κ2) is 7.59. The molecular formula is C23H18Cl2N2. The molecule has 134 valence electrons. The first-order chi connectivity index (χ1) is 13.1. The molecule has 0 unspecified atom stereocenters. The molecule has 0 aliphatic heterocycles. The van der Waals surface area contributed by atoms with E-state index in [0.29, 0.717) is 10.0 Å². The van der Waals surface area contributed by atoms with Crippen LogP contribution in [0.1, 0.15) is 22.5 Å². The maximum absolute atomic E-state index is 6.30. The van der Waals surface area contributed by atoms with Crippen molar-refractivity contribution >= 4 is 46.4 Å². The maximum atomic E-state index is 6.30. The van der Waals surface area contributed by atoms with E-state index in [2.05, 4.69) is 41.8 Å². The van der Waals surface area contributed by atoms with Gasteiger partial charge in [-0.2, -0.15) is 0 Å². The van der Waals surface area contributed by atoms with E-state index in [0.717, 1.165) is 29.0 Å². The number of hydrogen-bond donors (Lipinski definition) is 0. The normalized spacial score (nSPS) is 11.5. The highest BCUT2D eigenvalue weighted by Gasteiger charge is 2.10. The molecule has 1 heterocycles. The van der Waals surface area contributed by atoms with Gasteiger partial charge in [0.1, 0.15) is 5.82 Å². The van der Waals surface area contributed by atoms with Crippen LogP contribution in [0.3, 0.4) is 0 Å². The molecule has 4 rings (SSSR count). The summed E-state index contributed by atoms with van der Waals surface area (Å²) in [6.45, 7) is 2.89. The van der Waals surface area contributed by atoms with Gasteiger partial charge in [0.05, 0.1) is 11.0 Å². The highest BCUT2D eigenvalue weighted by atomic mass is 35.5. The van der Waals surface area contributed by atoms with Gasteiger partial charge in [0.15, 0.2) is 0 Å². The van der Waals surface area contributed by atoms with Crippen molar-refractivity contribution < 1.29 is 0 Å². The molecule has 2 nitrogen and oxygen atoms in total. The number of halogens is 2. The summed E-state index contributed by atoms with van der Waals surface area (Å²) in [6, 6.07) is 22.1. The summed E-state index contributed by atoms with van der Waals surface area (Å²) in [7, 11) is 0. The summed E-state index contributed by atoms with van der Waals surface area (Å²) in [5.41, 5.74) is 5.41. The highest BCUT2D eigenvalue weighted by Crippen LogP contribution is 2.27. The average molecular weight is 393 g/mol. The smallest absolute Gasteiger partial charge is 0.134 e. The van der Waals surface area contributed by atoms with Gasteiger partial charge in [-0.15, -0.1) is 0 Å². The Hall–Kier alpha value is -2.55. The van der Waals surface area contributed by atoms with Crippen molar-refractivity contribution in [2.24, 2.45) is 0 Å². The third-order valence-corrected chi connectivity index (χ3v) is 5.33. The number of rotatable bonds is 4. The quantitative estimate of drug-likeness (QED) is 0.370. The third kappa shape index (κ3) is 3.64. The Balaban J connectivity index is 1.81. The summed E-state index contributed by atoms with van der Waals surface area (Å²) in [5.74, 6) is 0.871. The largest absolute Gasteiger partial charge is 0.320 e. The van der Waals surface area contributed by atoms with E-state index in [-0.39, 0.29) is 0 Å². The van der Waals surface area contributed by atoms with Gasteiger partial charge in [-0.05, 0) is 54.5 Å². The summed E-state index contributed by atoms with van der Waals surface area (Å²) in [4.78, 5) is 4.80. The van der Waals surface area contributed by atoms with E-state index in [1.54, 1.807) is 0 Å². The first-order valence-corrected chi connectivity index (χ1v) is 9.51. The number of hydrogen-bond acceptors (Lipinski definition) is 1. The Morgan fingerprint density at radius 3 is 2.33 bits per heavy atom. The molecule has 0 saturated carbocycles.